The van der Waals surface area contributed by atoms with Crippen LogP contribution in [-0.2, 0) is 4.79 Å². The summed E-state index contributed by atoms with van der Waals surface area (Å²) in [6, 6.07) is 17.9. The van der Waals surface area contributed by atoms with Crippen LogP contribution in [0.15, 0.2) is 83.2 Å². The third kappa shape index (κ3) is 7.37. The number of hydrogen-bond donors (Lipinski definition) is 1. The number of aliphatic imine (C=N–C) groups is 1. The number of anilines is 1. The molecular weight excluding hydrogens is 603 g/mol. The Hall–Kier alpha value is -4.76. The first kappa shape index (κ1) is 29.7. The normalized spacial score (nSPS) is 14.5. The maximum Gasteiger partial charge on any atom is 0.573 e. The summed E-state index contributed by atoms with van der Waals surface area (Å²) in [4.78, 5) is 22.8. The van der Waals surface area contributed by atoms with Crippen LogP contribution in [0.3, 0.4) is 0 Å². The lowest BCUT2D eigenvalue weighted by atomic mass is 10.1. The molecule has 1 aliphatic heterocycles. The zero-order valence-corrected chi connectivity index (χ0v) is 24.2. The molecule has 0 bridgehead atoms. The van der Waals surface area contributed by atoms with Crippen LogP contribution in [0.1, 0.15) is 11.1 Å². The van der Waals surface area contributed by atoms with Crippen LogP contribution in [0, 0.1) is 6.92 Å². The topological polar surface area (TPSA) is 106 Å². The molecular formula is C28H22F3N7O3S2. The van der Waals surface area contributed by atoms with E-state index in [1.54, 1.807) is 37.6 Å². The molecule has 1 fully saturated rings. The second-order valence-corrected chi connectivity index (χ2v) is 10.2. The predicted octanol–water partition coefficient (Wildman–Crippen LogP) is 5.49. The number of thioether (sulfide) groups is 1. The minimum absolute atomic E-state index is 0.0767. The lowest BCUT2D eigenvalue weighted by Gasteiger charge is -2.19. The van der Waals surface area contributed by atoms with Gasteiger partial charge in [0.15, 0.2) is 11.0 Å². The van der Waals surface area contributed by atoms with E-state index in [0.717, 1.165) is 5.56 Å². The van der Waals surface area contributed by atoms with Gasteiger partial charge < -0.3 is 9.47 Å². The first-order valence-electron chi connectivity index (χ1n) is 12.5. The molecule has 10 nitrogen and oxygen atoms in total. The molecule has 0 unspecified atom stereocenters. The number of amidine groups is 1. The highest BCUT2D eigenvalue weighted by Crippen LogP contribution is 2.31. The number of carbonyl (C=O) groups excluding carboxylic acids is 1. The number of halogens is 3. The van der Waals surface area contributed by atoms with E-state index in [1.807, 2.05) is 25.1 Å². The standard InChI is InChI=1S/C28H22F3N7O3S2/c1-17-12-22(40-2)10-11-23(17)38-24(39)15-43-27(38)34-26(42)35-33-14-18-4-3-5-19(13-18)25-32-16-37(36-25)20-6-8-21(9-7-20)41-28(29,30)31/h3-14,16H,15H2,1-2H3,(H,35,42)/b33-14+,34-27-. The number of thiocarbonyl (C=S) groups is 1. The van der Waals surface area contributed by atoms with E-state index in [1.165, 1.54) is 51.9 Å². The van der Waals surface area contributed by atoms with Gasteiger partial charge in [-0.05, 0) is 78.8 Å². The largest absolute Gasteiger partial charge is 0.573 e. The van der Waals surface area contributed by atoms with Crippen molar-refractivity contribution < 1.29 is 27.4 Å². The molecule has 0 spiro atoms. The molecule has 0 aliphatic carbocycles. The average molecular weight is 626 g/mol. The van der Waals surface area contributed by atoms with E-state index in [4.69, 9.17) is 17.0 Å². The van der Waals surface area contributed by atoms with Gasteiger partial charge >= 0.3 is 6.36 Å². The number of aryl methyl sites for hydroxylation is 1. The fourth-order valence-electron chi connectivity index (χ4n) is 4.04. The fraction of sp³-hybridized carbons (Fsp3) is 0.143. The molecule has 1 N–H and O–H groups in total. The molecule has 0 radical (unpaired) electrons. The van der Waals surface area contributed by atoms with Gasteiger partial charge in [0.05, 0.1) is 30.5 Å². The predicted molar refractivity (Wildman–Crippen MR) is 162 cm³/mol. The van der Waals surface area contributed by atoms with Crippen LogP contribution in [0.5, 0.6) is 11.5 Å². The first-order valence-corrected chi connectivity index (χ1v) is 13.9. The number of carbonyl (C=O) groups is 1. The third-order valence-electron chi connectivity index (χ3n) is 5.95. The number of rotatable bonds is 7. The van der Waals surface area contributed by atoms with Gasteiger partial charge in [0.2, 0.25) is 11.0 Å². The van der Waals surface area contributed by atoms with E-state index < -0.39 is 6.36 Å². The third-order valence-corrected chi connectivity index (χ3v) is 7.06. The van der Waals surface area contributed by atoms with Crippen LogP contribution in [0.2, 0.25) is 0 Å². The van der Waals surface area contributed by atoms with Crippen LogP contribution in [-0.4, -0.2) is 56.4 Å². The van der Waals surface area contributed by atoms with E-state index in [9.17, 15) is 18.0 Å². The van der Waals surface area contributed by atoms with Crippen molar-refractivity contribution in [3.8, 4) is 28.6 Å². The molecule has 1 aliphatic rings. The highest BCUT2D eigenvalue weighted by atomic mass is 32.2. The molecule has 220 valence electrons. The van der Waals surface area contributed by atoms with Crippen LogP contribution in [0.25, 0.3) is 17.1 Å². The number of hydrazone groups is 1. The summed E-state index contributed by atoms with van der Waals surface area (Å²) in [5.74, 6) is 0.890. The van der Waals surface area contributed by atoms with Gasteiger partial charge in [0.1, 0.15) is 17.8 Å². The van der Waals surface area contributed by atoms with Crippen molar-refractivity contribution in [2.45, 2.75) is 13.3 Å². The molecule has 1 amide bonds. The fourth-order valence-corrected chi connectivity index (χ4v) is 5.10. The molecule has 1 aromatic heterocycles. The first-order chi connectivity index (χ1) is 20.6. The summed E-state index contributed by atoms with van der Waals surface area (Å²) < 4.78 is 47.8. The summed E-state index contributed by atoms with van der Waals surface area (Å²) in [6.07, 6.45) is -1.76. The second kappa shape index (κ2) is 12.6. The molecule has 5 rings (SSSR count). The summed E-state index contributed by atoms with van der Waals surface area (Å²) >= 11 is 6.62. The summed E-state index contributed by atoms with van der Waals surface area (Å²) in [5.41, 5.74) is 6.17. The number of alkyl halides is 3. The van der Waals surface area contributed by atoms with Gasteiger partial charge in [-0.1, -0.05) is 30.0 Å². The molecule has 43 heavy (non-hydrogen) atoms. The number of hydrogen-bond acceptors (Lipinski definition) is 8. The number of ether oxygens (including phenoxy) is 2. The second-order valence-electron chi connectivity index (χ2n) is 8.92. The lowest BCUT2D eigenvalue weighted by molar-refractivity contribution is -0.274. The molecule has 0 saturated carbocycles. The van der Waals surface area contributed by atoms with Crippen molar-refractivity contribution in [2.75, 3.05) is 17.8 Å². The zero-order valence-electron chi connectivity index (χ0n) is 22.6. The molecule has 1 saturated heterocycles. The number of aromatic nitrogens is 3. The SMILES string of the molecule is COc1ccc(N2C(=O)CS/C2=N\C(=S)N/N=C/c2cccc(-c3ncn(-c4ccc(OC(F)(F)F)cc4)n3)c2)c(C)c1. The number of benzene rings is 3. The molecule has 4 aromatic rings. The van der Waals surface area contributed by atoms with Gasteiger partial charge in [0.25, 0.3) is 0 Å². The summed E-state index contributed by atoms with van der Waals surface area (Å²) in [5, 5.41) is 9.11. The van der Waals surface area contributed by atoms with Gasteiger partial charge in [-0.2, -0.15) is 10.1 Å². The Labute approximate surface area is 253 Å². The highest BCUT2D eigenvalue weighted by Gasteiger charge is 2.32. The van der Waals surface area contributed by atoms with Gasteiger partial charge in [-0.25, -0.2) is 9.67 Å². The van der Waals surface area contributed by atoms with Gasteiger partial charge in [-0.3, -0.25) is 15.1 Å². The monoisotopic (exact) mass is 625 g/mol. The molecule has 15 heteroatoms. The minimum atomic E-state index is -4.77. The van der Waals surface area contributed by atoms with Crippen LogP contribution >= 0.6 is 24.0 Å². The van der Waals surface area contributed by atoms with Crippen molar-refractivity contribution in [1.29, 1.82) is 0 Å². The van der Waals surface area contributed by atoms with Crippen molar-refractivity contribution >= 4 is 52.1 Å². The molecule has 2 heterocycles. The Bertz CT molecular complexity index is 1720. The van der Waals surface area contributed by atoms with Crippen molar-refractivity contribution in [1.82, 2.24) is 20.2 Å². The minimum Gasteiger partial charge on any atom is -0.497 e. The summed E-state index contributed by atoms with van der Waals surface area (Å²) in [6.45, 7) is 1.88. The van der Waals surface area contributed by atoms with Crippen molar-refractivity contribution in [2.24, 2.45) is 10.1 Å². The van der Waals surface area contributed by atoms with Crippen molar-refractivity contribution in [3.05, 3.63) is 84.2 Å². The van der Waals surface area contributed by atoms with Gasteiger partial charge in [-0.15, -0.1) is 18.3 Å². The lowest BCUT2D eigenvalue weighted by Crippen LogP contribution is -2.31. The average Bonchev–Trinajstić information content (AvgIpc) is 3.60. The maximum atomic E-state index is 12.6. The van der Waals surface area contributed by atoms with Gasteiger partial charge in [0, 0.05) is 5.56 Å². The molecule has 0 atom stereocenters. The maximum absolute atomic E-state index is 12.6. The Morgan fingerprint density at radius 3 is 2.60 bits per heavy atom. The summed E-state index contributed by atoms with van der Waals surface area (Å²) in [7, 11) is 1.58. The Kier molecular flexibility index (Phi) is 8.73. The van der Waals surface area contributed by atoms with Crippen molar-refractivity contribution in [3.63, 3.8) is 0 Å². The Morgan fingerprint density at radius 1 is 1.12 bits per heavy atom. The van der Waals surface area contributed by atoms with E-state index in [2.05, 4.69) is 30.3 Å². The van der Waals surface area contributed by atoms with E-state index in [0.29, 0.717) is 39.2 Å². The Balaban J connectivity index is 1.24. The molecule has 3 aromatic carbocycles. The quantitative estimate of drug-likeness (QED) is 0.163. The number of methoxy groups -OCH3 is 1. The zero-order chi connectivity index (χ0) is 30.6. The Morgan fingerprint density at radius 2 is 1.88 bits per heavy atom. The smallest absolute Gasteiger partial charge is 0.497 e. The highest BCUT2D eigenvalue weighted by molar-refractivity contribution is 8.15. The van der Waals surface area contributed by atoms with E-state index in [-0.39, 0.29) is 22.5 Å². The number of nitrogens with one attached hydrogen (secondary N) is 1. The number of nitrogens with zero attached hydrogens (tertiary/aromatic N) is 6. The van der Waals surface area contributed by atoms with E-state index >= 15 is 0 Å². The van der Waals surface area contributed by atoms with Crippen LogP contribution < -0.4 is 19.8 Å². The number of amides is 1. The van der Waals surface area contributed by atoms with Crippen LogP contribution in [0.4, 0.5) is 18.9 Å².